The zero-order valence-electron chi connectivity index (χ0n) is 17.2. The predicted molar refractivity (Wildman–Crippen MR) is 126 cm³/mol. The van der Waals surface area contributed by atoms with Gasteiger partial charge < -0.3 is 5.32 Å². The number of anilines is 1. The maximum Gasteiger partial charge on any atom is 0.262 e. The Hall–Kier alpha value is -2.37. The summed E-state index contributed by atoms with van der Waals surface area (Å²) in [5.74, 6) is 0.322. The number of sulfone groups is 1. The summed E-state index contributed by atoms with van der Waals surface area (Å²) in [5, 5.41) is 2.66. The molecule has 2 aromatic carbocycles. The molecule has 0 aromatic heterocycles. The zero-order chi connectivity index (χ0) is 22.8. The number of sulfonamides is 1. The van der Waals surface area contributed by atoms with Gasteiger partial charge in [0.25, 0.3) is 15.9 Å². The number of carbonyl (C=O) groups is 1. The minimum Gasteiger partial charge on any atom is -0.322 e. The lowest BCUT2D eigenvalue weighted by Crippen LogP contribution is -2.29. The summed E-state index contributed by atoms with van der Waals surface area (Å²) < 4.78 is 51.3. The molecule has 0 spiro atoms. The Morgan fingerprint density at radius 1 is 1.12 bits per heavy atom. The number of hydrogen-bond donors (Lipinski definition) is 2. The molecule has 1 fully saturated rings. The Labute approximate surface area is 191 Å². The SMILES string of the molecule is O=C(Nc1cccc(S(=O)(=O)NC2=NCCC2)c1)c1ccccc1S[C@@H]1CCS(=O)(=O)C1. The zero-order valence-corrected chi connectivity index (χ0v) is 19.6. The fourth-order valence-electron chi connectivity index (χ4n) is 3.57. The number of hydrogen-bond acceptors (Lipinski definition) is 7. The van der Waals surface area contributed by atoms with Crippen LogP contribution in [-0.4, -0.2) is 51.9 Å². The standard InChI is InChI=1S/C21H23N3O5S3/c25-21(18-7-1-2-8-19(18)30-16-10-12-31(26,27)14-16)23-15-5-3-6-17(13-15)32(28,29)24-20-9-4-11-22-20/h1-3,5-8,13,16H,4,9-12,14H2,(H,22,24)(H,23,25)/t16-/m1/s1. The first-order valence-corrected chi connectivity index (χ1v) is 14.3. The van der Waals surface area contributed by atoms with E-state index in [9.17, 15) is 21.6 Å². The third-order valence-electron chi connectivity index (χ3n) is 5.14. The van der Waals surface area contributed by atoms with Gasteiger partial charge in [-0.3, -0.25) is 14.5 Å². The lowest BCUT2D eigenvalue weighted by molar-refractivity contribution is 0.102. The van der Waals surface area contributed by atoms with E-state index in [1.54, 1.807) is 36.4 Å². The van der Waals surface area contributed by atoms with Crippen molar-refractivity contribution in [1.82, 2.24) is 4.72 Å². The summed E-state index contributed by atoms with van der Waals surface area (Å²) in [7, 11) is -6.81. The van der Waals surface area contributed by atoms with Gasteiger partial charge in [-0.05, 0) is 43.2 Å². The van der Waals surface area contributed by atoms with Crippen molar-refractivity contribution in [2.45, 2.75) is 34.3 Å². The second-order valence-electron chi connectivity index (χ2n) is 7.66. The first-order chi connectivity index (χ1) is 15.2. The Kier molecular flexibility index (Phi) is 6.59. The fraction of sp³-hybridized carbons (Fsp3) is 0.333. The van der Waals surface area contributed by atoms with E-state index < -0.39 is 25.8 Å². The molecule has 2 aromatic rings. The van der Waals surface area contributed by atoms with Gasteiger partial charge in [0.15, 0.2) is 9.84 Å². The number of thioether (sulfide) groups is 1. The third kappa shape index (κ3) is 5.51. The highest BCUT2D eigenvalue weighted by Gasteiger charge is 2.29. The van der Waals surface area contributed by atoms with Gasteiger partial charge in [0.1, 0.15) is 5.84 Å². The molecule has 0 bridgehead atoms. The van der Waals surface area contributed by atoms with Crippen molar-refractivity contribution in [3.63, 3.8) is 0 Å². The van der Waals surface area contributed by atoms with Crippen molar-refractivity contribution in [3.8, 4) is 0 Å². The molecule has 2 aliphatic heterocycles. The van der Waals surface area contributed by atoms with E-state index >= 15 is 0 Å². The number of aliphatic imine (C=N–C) groups is 1. The van der Waals surface area contributed by atoms with E-state index in [-0.39, 0.29) is 21.7 Å². The van der Waals surface area contributed by atoms with Gasteiger partial charge in [0, 0.05) is 28.8 Å². The topological polar surface area (TPSA) is 122 Å². The molecule has 1 saturated heterocycles. The summed E-state index contributed by atoms with van der Waals surface area (Å²) >= 11 is 1.39. The maximum atomic E-state index is 12.9. The Morgan fingerprint density at radius 2 is 1.94 bits per heavy atom. The number of nitrogens with zero attached hydrogens (tertiary/aromatic N) is 1. The van der Waals surface area contributed by atoms with Crippen LogP contribution in [0, 0.1) is 0 Å². The van der Waals surface area contributed by atoms with Gasteiger partial charge in [-0.15, -0.1) is 11.8 Å². The van der Waals surface area contributed by atoms with E-state index in [1.807, 2.05) is 0 Å². The van der Waals surface area contributed by atoms with Gasteiger partial charge in [-0.2, -0.15) is 0 Å². The third-order valence-corrected chi connectivity index (χ3v) is 9.85. The molecule has 0 saturated carbocycles. The lowest BCUT2D eigenvalue weighted by Gasteiger charge is -2.13. The van der Waals surface area contributed by atoms with Crippen LogP contribution in [0.1, 0.15) is 29.6 Å². The molecule has 2 N–H and O–H groups in total. The second-order valence-corrected chi connectivity index (χ2v) is 12.9. The number of rotatable bonds is 6. The number of nitrogens with one attached hydrogen (secondary N) is 2. The Morgan fingerprint density at radius 3 is 2.66 bits per heavy atom. The molecular formula is C21H23N3O5S3. The summed E-state index contributed by atoms with van der Waals surface area (Å²) in [4.78, 5) is 17.8. The average Bonchev–Trinajstić information content (AvgIpc) is 3.37. The number of amidine groups is 1. The van der Waals surface area contributed by atoms with E-state index in [1.165, 1.54) is 23.9 Å². The molecule has 11 heteroatoms. The van der Waals surface area contributed by atoms with Crippen LogP contribution >= 0.6 is 11.8 Å². The monoisotopic (exact) mass is 493 g/mol. The normalized spacial score (nSPS) is 20.0. The van der Waals surface area contributed by atoms with Crippen molar-refractivity contribution in [2.75, 3.05) is 23.4 Å². The molecule has 0 aliphatic carbocycles. The molecule has 0 unspecified atom stereocenters. The molecule has 32 heavy (non-hydrogen) atoms. The van der Waals surface area contributed by atoms with Crippen LogP contribution in [0.4, 0.5) is 5.69 Å². The number of benzene rings is 2. The highest BCUT2D eigenvalue weighted by atomic mass is 32.2. The molecule has 170 valence electrons. The van der Waals surface area contributed by atoms with E-state index in [0.29, 0.717) is 41.4 Å². The van der Waals surface area contributed by atoms with Crippen LogP contribution in [0.5, 0.6) is 0 Å². The quantitative estimate of drug-likeness (QED) is 0.638. The van der Waals surface area contributed by atoms with E-state index in [0.717, 1.165) is 6.42 Å². The Balaban J connectivity index is 1.49. The van der Waals surface area contributed by atoms with Crippen molar-refractivity contribution >= 4 is 49.1 Å². The first-order valence-electron chi connectivity index (χ1n) is 10.2. The minimum atomic E-state index is -3.79. The molecule has 4 rings (SSSR count). The highest BCUT2D eigenvalue weighted by molar-refractivity contribution is 8.02. The maximum absolute atomic E-state index is 12.9. The van der Waals surface area contributed by atoms with Crippen molar-refractivity contribution < 1.29 is 21.6 Å². The molecule has 1 amide bonds. The lowest BCUT2D eigenvalue weighted by atomic mass is 10.2. The van der Waals surface area contributed by atoms with Crippen molar-refractivity contribution in [2.24, 2.45) is 4.99 Å². The van der Waals surface area contributed by atoms with Crippen LogP contribution in [0.2, 0.25) is 0 Å². The van der Waals surface area contributed by atoms with Crippen LogP contribution in [0.3, 0.4) is 0 Å². The number of amides is 1. The summed E-state index contributed by atoms with van der Waals surface area (Å²) in [5.41, 5.74) is 0.753. The van der Waals surface area contributed by atoms with Crippen LogP contribution < -0.4 is 10.0 Å². The van der Waals surface area contributed by atoms with Crippen LogP contribution in [0.15, 0.2) is 63.3 Å². The van der Waals surface area contributed by atoms with Gasteiger partial charge in [0.05, 0.1) is 22.0 Å². The molecule has 1 atom stereocenters. The predicted octanol–water partition coefficient (Wildman–Crippen LogP) is 2.69. The smallest absolute Gasteiger partial charge is 0.262 e. The van der Waals surface area contributed by atoms with Gasteiger partial charge >= 0.3 is 0 Å². The van der Waals surface area contributed by atoms with Gasteiger partial charge in [-0.1, -0.05) is 18.2 Å². The molecule has 0 radical (unpaired) electrons. The van der Waals surface area contributed by atoms with Crippen molar-refractivity contribution in [1.29, 1.82) is 0 Å². The van der Waals surface area contributed by atoms with Crippen LogP contribution in [0.25, 0.3) is 0 Å². The molecular weight excluding hydrogens is 470 g/mol. The number of carbonyl (C=O) groups excluding carboxylic acids is 1. The van der Waals surface area contributed by atoms with Crippen molar-refractivity contribution in [3.05, 3.63) is 54.1 Å². The molecule has 8 nitrogen and oxygen atoms in total. The minimum absolute atomic E-state index is 0.0312. The molecule has 2 heterocycles. The molecule has 2 aliphatic rings. The summed E-state index contributed by atoms with van der Waals surface area (Å²) in [6.45, 7) is 0.609. The van der Waals surface area contributed by atoms with Gasteiger partial charge in [-0.25, -0.2) is 16.8 Å². The van der Waals surface area contributed by atoms with Crippen LogP contribution in [-0.2, 0) is 19.9 Å². The first kappa shape index (κ1) is 22.8. The fourth-order valence-corrected chi connectivity index (χ4v) is 8.33. The van der Waals surface area contributed by atoms with E-state index in [2.05, 4.69) is 15.0 Å². The largest absolute Gasteiger partial charge is 0.322 e. The highest BCUT2D eigenvalue weighted by Crippen LogP contribution is 2.33. The summed E-state index contributed by atoms with van der Waals surface area (Å²) in [6, 6.07) is 13.0. The van der Waals surface area contributed by atoms with E-state index in [4.69, 9.17) is 0 Å². The van der Waals surface area contributed by atoms with Gasteiger partial charge in [0.2, 0.25) is 0 Å². The second kappa shape index (κ2) is 9.24. The Bertz CT molecular complexity index is 1270. The average molecular weight is 494 g/mol. The summed E-state index contributed by atoms with van der Waals surface area (Å²) in [6.07, 6.45) is 1.96.